The van der Waals surface area contributed by atoms with Crippen LogP contribution in [0, 0.1) is 5.92 Å². The number of hydrogen-bond donors (Lipinski definition) is 2. The van der Waals surface area contributed by atoms with E-state index in [1.165, 1.54) is 6.21 Å². The molecule has 2 aromatic rings. The normalized spacial score (nSPS) is 12.1. The van der Waals surface area contributed by atoms with Crippen LogP contribution in [0.15, 0.2) is 52.0 Å². The van der Waals surface area contributed by atoms with Crippen molar-refractivity contribution in [3.05, 3.63) is 63.1 Å². The third kappa shape index (κ3) is 6.87. The lowest BCUT2D eigenvalue weighted by Crippen LogP contribution is -2.48. The van der Waals surface area contributed by atoms with Crippen molar-refractivity contribution in [3.63, 3.8) is 0 Å². The highest BCUT2D eigenvalue weighted by atomic mass is 79.9. The van der Waals surface area contributed by atoms with Crippen molar-refractivity contribution in [2.75, 3.05) is 6.61 Å². The number of carbonyl (C=O) groups excluding carboxylic acids is 2. The molecule has 0 spiro atoms. The van der Waals surface area contributed by atoms with Gasteiger partial charge < -0.3 is 10.1 Å². The van der Waals surface area contributed by atoms with Gasteiger partial charge in [0.15, 0.2) is 0 Å². The summed E-state index contributed by atoms with van der Waals surface area (Å²) in [5.41, 5.74) is 3.65. The maximum atomic E-state index is 12.5. The zero-order chi connectivity index (χ0) is 21.4. The van der Waals surface area contributed by atoms with Gasteiger partial charge in [0.05, 0.1) is 17.3 Å². The van der Waals surface area contributed by atoms with Gasteiger partial charge in [-0.1, -0.05) is 31.5 Å². The Labute approximate surface area is 183 Å². The molecule has 0 aliphatic heterocycles. The van der Waals surface area contributed by atoms with Crippen LogP contribution in [0.2, 0.25) is 5.02 Å². The van der Waals surface area contributed by atoms with Gasteiger partial charge in [-0.3, -0.25) is 9.59 Å². The first-order valence-corrected chi connectivity index (χ1v) is 10.3. The number of rotatable bonds is 8. The summed E-state index contributed by atoms with van der Waals surface area (Å²) in [5.74, 6) is -0.178. The number of amides is 2. The van der Waals surface area contributed by atoms with Crippen LogP contribution in [-0.2, 0) is 4.79 Å². The number of ether oxygens (including phenoxy) is 1. The summed E-state index contributed by atoms with van der Waals surface area (Å²) < 4.78 is 6.26. The highest BCUT2D eigenvalue weighted by Gasteiger charge is 2.24. The molecule has 0 radical (unpaired) electrons. The Morgan fingerprint density at radius 3 is 2.62 bits per heavy atom. The summed E-state index contributed by atoms with van der Waals surface area (Å²) in [7, 11) is 0. The number of halogens is 2. The summed E-state index contributed by atoms with van der Waals surface area (Å²) in [6.45, 7) is 6.17. The van der Waals surface area contributed by atoms with Gasteiger partial charge in [-0.25, -0.2) is 5.43 Å². The van der Waals surface area contributed by atoms with Gasteiger partial charge >= 0.3 is 0 Å². The molecule has 6 nitrogen and oxygen atoms in total. The minimum absolute atomic E-state index is 0.132. The topological polar surface area (TPSA) is 79.8 Å². The van der Waals surface area contributed by atoms with Crippen LogP contribution < -0.4 is 15.5 Å². The standard InChI is InChI=1S/C21H23BrClN3O3/c1-4-29-18-9-8-14(10-17(18)22)12-24-26-21(28)19(13(2)3)25-20(27)15-6-5-7-16(23)11-15/h5-13,19H,4H2,1-3H3,(H,25,27)(H,26,28)/b24-12+. The Bertz CT molecular complexity index is 902. The Morgan fingerprint density at radius 2 is 2.00 bits per heavy atom. The predicted octanol–water partition coefficient (Wildman–Crippen LogP) is 4.41. The van der Waals surface area contributed by atoms with Gasteiger partial charge in [-0.2, -0.15) is 5.10 Å². The van der Waals surface area contributed by atoms with Crippen molar-refractivity contribution < 1.29 is 14.3 Å². The lowest BCUT2D eigenvalue weighted by molar-refractivity contribution is -0.123. The average molecular weight is 481 g/mol. The van der Waals surface area contributed by atoms with E-state index in [1.807, 2.05) is 39.0 Å². The van der Waals surface area contributed by atoms with Crippen molar-refractivity contribution in [1.29, 1.82) is 0 Å². The van der Waals surface area contributed by atoms with E-state index in [0.29, 0.717) is 17.2 Å². The van der Waals surface area contributed by atoms with Crippen molar-refractivity contribution in [2.45, 2.75) is 26.8 Å². The van der Waals surface area contributed by atoms with E-state index in [9.17, 15) is 9.59 Å². The molecule has 0 aliphatic rings. The van der Waals surface area contributed by atoms with E-state index in [0.717, 1.165) is 15.8 Å². The number of hydrogen-bond acceptors (Lipinski definition) is 4. The molecule has 0 fully saturated rings. The van der Waals surface area contributed by atoms with E-state index in [-0.39, 0.29) is 11.8 Å². The summed E-state index contributed by atoms with van der Waals surface area (Å²) in [4.78, 5) is 24.9. The molecule has 0 aliphatic carbocycles. The first-order valence-electron chi connectivity index (χ1n) is 9.13. The van der Waals surface area contributed by atoms with Crippen molar-refractivity contribution in [2.24, 2.45) is 11.0 Å². The molecule has 0 saturated carbocycles. The first kappa shape index (κ1) is 22.9. The van der Waals surface area contributed by atoms with Gasteiger partial charge in [0.2, 0.25) is 0 Å². The van der Waals surface area contributed by atoms with Crippen LogP contribution in [-0.4, -0.2) is 30.7 Å². The molecule has 2 amide bonds. The summed E-state index contributed by atoms with van der Waals surface area (Å²) in [6, 6.07) is 11.3. The van der Waals surface area contributed by atoms with Crippen molar-refractivity contribution >= 4 is 45.6 Å². The van der Waals surface area contributed by atoms with Crippen molar-refractivity contribution in [1.82, 2.24) is 10.7 Å². The SMILES string of the molecule is CCOc1ccc(/C=N/NC(=O)C(NC(=O)c2cccc(Cl)c2)C(C)C)cc1Br. The first-order chi connectivity index (χ1) is 13.8. The van der Waals surface area contributed by atoms with E-state index in [2.05, 4.69) is 31.8 Å². The van der Waals surface area contributed by atoms with Gasteiger partial charge in [-0.05, 0) is 70.7 Å². The molecule has 0 aromatic heterocycles. The quantitative estimate of drug-likeness (QED) is 0.434. The van der Waals surface area contributed by atoms with E-state index in [4.69, 9.17) is 16.3 Å². The predicted molar refractivity (Wildman–Crippen MR) is 119 cm³/mol. The Hall–Kier alpha value is -2.38. The minimum atomic E-state index is -0.745. The van der Waals surface area contributed by atoms with E-state index >= 15 is 0 Å². The maximum absolute atomic E-state index is 12.5. The fourth-order valence-electron chi connectivity index (χ4n) is 2.50. The third-order valence-electron chi connectivity index (χ3n) is 3.97. The summed E-state index contributed by atoms with van der Waals surface area (Å²) in [6.07, 6.45) is 1.52. The van der Waals surface area contributed by atoms with Gasteiger partial charge in [0.25, 0.3) is 11.8 Å². The van der Waals surface area contributed by atoms with E-state index < -0.39 is 11.9 Å². The van der Waals surface area contributed by atoms with Gasteiger partial charge in [-0.15, -0.1) is 0 Å². The lowest BCUT2D eigenvalue weighted by Gasteiger charge is -2.20. The summed E-state index contributed by atoms with van der Waals surface area (Å²) >= 11 is 9.36. The van der Waals surface area contributed by atoms with Gasteiger partial charge in [0, 0.05) is 10.6 Å². The Morgan fingerprint density at radius 1 is 1.24 bits per heavy atom. The average Bonchev–Trinajstić information content (AvgIpc) is 2.67. The second kappa shape index (κ2) is 11.0. The van der Waals surface area contributed by atoms with Crippen LogP contribution in [0.5, 0.6) is 5.75 Å². The van der Waals surface area contributed by atoms with Gasteiger partial charge in [0.1, 0.15) is 11.8 Å². The Balaban J connectivity index is 2.01. The molecule has 1 atom stereocenters. The monoisotopic (exact) mass is 479 g/mol. The maximum Gasteiger partial charge on any atom is 0.262 e. The van der Waals surface area contributed by atoms with Crippen LogP contribution in [0.4, 0.5) is 0 Å². The molecule has 2 rings (SSSR count). The largest absolute Gasteiger partial charge is 0.493 e. The molecule has 2 aromatic carbocycles. The zero-order valence-electron chi connectivity index (χ0n) is 16.4. The molecule has 2 N–H and O–H groups in total. The van der Waals surface area contributed by atoms with Crippen molar-refractivity contribution in [3.8, 4) is 5.75 Å². The number of benzene rings is 2. The van der Waals surface area contributed by atoms with Crippen LogP contribution in [0.3, 0.4) is 0 Å². The smallest absolute Gasteiger partial charge is 0.262 e. The number of nitrogens with zero attached hydrogens (tertiary/aromatic N) is 1. The second-order valence-electron chi connectivity index (χ2n) is 6.56. The molecule has 0 heterocycles. The lowest BCUT2D eigenvalue weighted by atomic mass is 10.0. The van der Waals surface area contributed by atoms with Crippen LogP contribution in [0.25, 0.3) is 0 Å². The number of nitrogens with one attached hydrogen (secondary N) is 2. The Kier molecular flexibility index (Phi) is 8.67. The molecule has 0 bridgehead atoms. The highest BCUT2D eigenvalue weighted by molar-refractivity contribution is 9.10. The fourth-order valence-corrected chi connectivity index (χ4v) is 3.20. The van der Waals surface area contributed by atoms with Crippen LogP contribution in [0.1, 0.15) is 36.7 Å². The summed E-state index contributed by atoms with van der Waals surface area (Å²) in [5, 5.41) is 7.18. The number of carbonyl (C=O) groups is 2. The zero-order valence-corrected chi connectivity index (χ0v) is 18.8. The highest BCUT2D eigenvalue weighted by Crippen LogP contribution is 2.25. The minimum Gasteiger partial charge on any atom is -0.493 e. The molecular weight excluding hydrogens is 458 g/mol. The molecule has 1 unspecified atom stereocenters. The fraction of sp³-hybridized carbons (Fsp3) is 0.286. The van der Waals surface area contributed by atoms with Crippen LogP contribution >= 0.6 is 27.5 Å². The second-order valence-corrected chi connectivity index (χ2v) is 7.85. The molecule has 29 heavy (non-hydrogen) atoms. The molecular formula is C21H23BrClN3O3. The van der Waals surface area contributed by atoms with E-state index in [1.54, 1.807) is 24.3 Å². The molecule has 0 saturated heterocycles. The third-order valence-corrected chi connectivity index (χ3v) is 4.82. The molecule has 8 heteroatoms. The molecule has 154 valence electrons. The number of hydrazone groups is 1.